The van der Waals surface area contributed by atoms with Gasteiger partial charge in [-0.05, 0) is 50.3 Å². The summed E-state index contributed by atoms with van der Waals surface area (Å²) < 4.78 is 1.85. The fourth-order valence-electron chi connectivity index (χ4n) is 5.25. The number of carbonyl (C=O) groups excluding carboxylic acids is 2. The molecule has 1 aromatic carbocycles. The number of halogens is 1. The van der Waals surface area contributed by atoms with Gasteiger partial charge >= 0.3 is 5.97 Å². The predicted octanol–water partition coefficient (Wildman–Crippen LogP) is 3.08. The third-order valence-electron chi connectivity index (χ3n) is 7.02. The lowest BCUT2D eigenvalue weighted by molar-refractivity contribution is -0.146. The van der Waals surface area contributed by atoms with Crippen molar-refractivity contribution in [3.05, 3.63) is 41.0 Å². The van der Waals surface area contributed by atoms with E-state index in [-0.39, 0.29) is 30.4 Å². The minimum Gasteiger partial charge on any atom is -0.481 e. The Morgan fingerprint density at radius 2 is 1.75 bits per heavy atom. The van der Waals surface area contributed by atoms with Gasteiger partial charge in [-0.15, -0.1) is 0 Å². The SMILES string of the molecule is O=C(O)C1CCN(C(=O)CN2C(=O)c3cc(-c4ccc(Cl)cc4)nn3[C@@H]3CCC[C@@H]32)CC1. The van der Waals surface area contributed by atoms with Crippen molar-refractivity contribution in [1.29, 1.82) is 0 Å². The average molecular weight is 457 g/mol. The van der Waals surface area contributed by atoms with E-state index in [2.05, 4.69) is 0 Å². The predicted molar refractivity (Wildman–Crippen MR) is 117 cm³/mol. The third kappa shape index (κ3) is 3.66. The molecule has 2 amide bonds. The number of carbonyl (C=O) groups is 3. The van der Waals surface area contributed by atoms with Gasteiger partial charge in [-0.3, -0.25) is 19.1 Å². The van der Waals surface area contributed by atoms with Crippen molar-refractivity contribution in [1.82, 2.24) is 19.6 Å². The van der Waals surface area contributed by atoms with E-state index in [9.17, 15) is 19.5 Å². The van der Waals surface area contributed by atoms with E-state index in [4.69, 9.17) is 16.7 Å². The van der Waals surface area contributed by atoms with Gasteiger partial charge in [0, 0.05) is 23.7 Å². The summed E-state index contributed by atoms with van der Waals surface area (Å²) in [5.41, 5.74) is 2.12. The van der Waals surface area contributed by atoms with Crippen molar-refractivity contribution < 1.29 is 19.5 Å². The number of rotatable bonds is 4. The minimum atomic E-state index is -0.804. The van der Waals surface area contributed by atoms with Crippen LogP contribution in [0.2, 0.25) is 5.02 Å². The Kier molecular flexibility index (Phi) is 5.41. The second-order valence-corrected chi connectivity index (χ2v) is 9.29. The van der Waals surface area contributed by atoms with E-state index in [1.54, 1.807) is 28.0 Å². The smallest absolute Gasteiger partial charge is 0.306 e. The Labute approximate surface area is 190 Å². The van der Waals surface area contributed by atoms with E-state index in [0.29, 0.717) is 36.6 Å². The molecule has 0 unspecified atom stereocenters. The van der Waals surface area contributed by atoms with E-state index in [1.807, 2.05) is 16.8 Å². The molecule has 0 spiro atoms. The Bertz CT molecular complexity index is 1060. The van der Waals surface area contributed by atoms with Gasteiger partial charge in [0.15, 0.2) is 0 Å². The molecule has 1 N–H and O–H groups in total. The summed E-state index contributed by atoms with van der Waals surface area (Å²) >= 11 is 6.00. The van der Waals surface area contributed by atoms with Crippen molar-refractivity contribution in [2.24, 2.45) is 5.92 Å². The molecule has 2 atom stereocenters. The molecule has 2 aromatic rings. The molecule has 1 saturated heterocycles. The molecule has 8 nitrogen and oxygen atoms in total. The van der Waals surface area contributed by atoms with Crippen LogP contribution in [0.5, 0.6) is 0 Å². The highest BCUT2D eigenvalue weighted by Gasteiger charge is 2.44. The molecule has 0 bridgehead atoms. The van der Waals surface area contributed by atoms with Gasteiger partial charge in [0.05, 0.1) is 23.7 Å². The largest absolute Gasteiger partial charge is 0.481 e. The van der Waals surface area contributed by atoms with Gasteiger partial charge in [-0.1, -0.05) is 23.7 Å². The summed E-state index contributed by atoms with van der Waals surface area (Å²) in [6.07, 6.45) is 3.66. The second kappa shape index (κ2) is 8.24. The van der Waals surface area contributed by atoms with Gasteiger partial charge in [0.1, 0.15) is 12.2 Å². The summed E-state index contributed by atoms with van der Waals surface area (Å²) in [6, 6.07) is 9.19. The number of amides is 2. The fourth-order valence-corrected chi connectivity index (χ4v) is 5.37. The minimum absolute atomic E-state index is 0.0270. The number of fused-ring (bicyclic) bond motifs is 3. The maximum atomic E-state index is 13.4. The highest BCUT2D eigenvalue weighted by molar-refractivity contribution is 6.30. The van der Waals surface area contributed by atoms with Gasteiger partial charge in [0.2, 0.25) is 5.91 Å². The summed E-state index contributed by atoms with van der Waals surface area (Å²) in [4.78, 5) is 41.0. The van der Waals surface area contributed by atoms with Crippen molar-refractivity contribution in [3.63, 3.8) is 0 Å². The van der Waals surface area contributed by atoms with Gasteiger partial charge < -0.3 is 14.9 Å². The van der Waals surface area contributed by atoms with Crippen LogP contribution >= 0.6 is 11.6 Å². The highest BCUT2D eigenvalue weighted by Crippen LogP contribution is 2.40. The molecule has 1 aromatic heterocycles. The molecule has 1 saturated carbocycles. The van der Waals surface area contributed by atoms with Crippen LogP contribution in [0.3, 0.4) is 0 Å². The van der Waals surface area contributed by atoms with Gasteiger partial charge in [-0.25, -0.2) is 0 Å². The van der Waals surface area contributed by atoms with E-state index < -0.39 is 11.9 Å². The molecule has 1 aliphatic carbocycles. The third-order valence-corrected chi connectivity index (χ3v) is 7.27. The van der Waals surface area contributed by atoms with Crippen molar-refractivity contribution >= 4 is 29.4 Å². The van der Waals surface area contributed by atoms with Crippen LogP contribution in [0.4, 0.5) is 0 Å². The van der Waals surface area contributed by atoms with Crippen LogP contribution in [0.15, 0.2) is 30.3 Å². The summed E-state index contributed by atoms with van der Waals surface area (Å²) in [5.74, 6) is -1.48. The number of aromatic nitrogens is 2. The Balaban J connectivity index is 1.36. The first-order valence-corrected chi connectivity index (χ1v) is 11.5. The van der Waals surface area contributed by atoms with Crippen LogP contribution < -0.4 is 0 Å². The topological polar surface area (TPSA) is 95.7 Å². The maximum absolute atomic E-state index is 13.4. The van der Waals surface area contributed by atoms with Crippen LogP contribution in [-0.2, 0) is 9.59 Å². The number of piperidine rings is 1. The lowest BCUT2D eigenvalue weighted by atomic mass is 9.97. The summed E-state index contributed by atoms with van der Waals surface area (Å²) in [7, 11) is 0. The van der Waals surface area contributed by atoms with Gasteiger partial charge in [-0.2, -0.15) is 5.10 Å². The quantitative estimate of drug-likeness (QED) is 0.762. The first-order chi connectivity index (χ1) is 15.4. The van der Waals surface area contributed by atoms with Crippen LogP contribution in [0.1, 0.15) is 48.6 Å². The summed E-state index contributed by atoms with van der Waals surface area (Å²) in [6.45, 7) is 0.869. The molecule has 2 aliphatic heterocycles. The van der Waals surface area contributed by atoms with E-state index >= 15 is 0 Å². The zero-order valence-corrected chi connectivity index (χ0v) is 18.4. The Morgan fingerprint density at radius 1 is 1.06 bits per heavy atom. The molecular formula is C23H25ClN4O4. The van der Waals surface area contributed by atoms with E-state index in [1.165, 1.54) is 0 Å². The molecule has 3 heterocycles. The van der Waals surface area contributed by atoms with Crippen LogP contribution in [0.25, 0.3) is 11.3 Å². The number of carboxylic acid groups (broad SMARTS) is 1. The summed E-state index contributed by atoms with van der Waals surface area (Å²) in [5, 5.41) is 14.6. The number of likely N-dealkylation sites (tertiary alicyclic amines) is 1. The first kappa shape index (κ1) is 21.0. The average Bonchev–Trinajstić information content (AvgIpc) is 3.44. The Morgan fingerprint density at radius 3 is 2.44 bits per heavy atom. The number of nitrogens with zero attached hydrogens (tertiary/aromatic N) is 4. The number of carboxylic acids is 1. The monoisotopic (exact) mass is 456 g/mol. The normalized spacial score (nSPS) is 23.2. The molecule has 0 radical (unpaired) electrons. The van der Waals surface area contributed by atoms with Crippen LogP contribution in [-0.4, -0.2) is 68.1 Å². The number of benzene rings is 1. The Hall–Kier alpha value is -2.87. The first-order valence-electron chi connectivity index (χ1n) is 11.1. The lowest BCUT2D eigenvalue weighted by Crippen LogP contribution is -2.53. The van der Waals surface area contributed by atoms with E-state index in [0.717, 1.165) is 30.5 Å². The van der Waals surface area contributed by atoms with Crippen molar-refractivity contribution in [2.75, 3.05) is 19.6 Å². The highest BCUT2D eigenvalue weighted by atomic mass is 35.5. The van der Waals surface area contributed by atoms with Crippen molar-refractivity contribution in [2.45, 2.75) is 44.2 Å². The molecule has 5 rings (SSSR count). The standard InChI is InChI=1S/C23H25ClN4O4/c24-16-6-4-14(5-7-16)17-12-20-22(30)27(18-2-1-3-19(18)28(20)25-17)13-21(29)26-10-8-15(9-11-26)23(31)32/h4-7,12,15,18-19H,1-3,8-11,13H2,(H,31,32)/t18-,19+/m0/s1. The fraction of sp³-hybridized carbons (Fsp3) is 0.478. The molecule has 9 heteroatoms. The van der Waals surface area contributed by atoms with Gasteiger partial charge in [0.25, 0.3) is 5.91 Å². The maximum Gasteiger partial charge on any atom is 0.306 e. The van der Waals surface area contributed by atoms with Crippen molar-refractivity contribution in [3.8, 4) is 11.3 Å². The number of aliphatic carboxylic acids is 1. The molecular weight excluding hydrogens is 432 g/mol. The number of hydrogen-bond donors (Lipinski definition) is 1. The molecule has 32 heavy (non-hydrogen) atoms. The molecule has 168 valence electrons. The lowest BCUT2D eigenvalue weighted by Gasteiger charge is -2.39. The number of hydrogen-bond acceptors (Lipinski definition) is 4. The zero-order valence-electron chi connectivity index (χ0n) is 17.6. The molecule has 3 aliphatic rings. The molecule has 2 fully saturated rings. The van der Waals surface area contributed by atoms with Crippen LogP contribution in [0, 0.1) is 5.92 Å². The second-order valence-electron chi connectivity index (χ2n) is 8.86. The zero-order chi connectivity index (χ0) is 22.4.